The lowest BCUT2D eigenvalue weighted by molar-refractivity contribution is 0.586. The van der Waals surface area contributed by atoms with Crippen LogP contribution in [0.3, 0.4) is 0 Å². The van der Waals surface area contributed by atoms with E-state index in [0.29, 0.717) is 18.4 Å². The average molecular weight is 161 g/mol. The summed E-state index contributed by atoms with van der Waals surface area (Å²) < 4.78 is 21.0. The molecule has 0 saturated heterocycles. The summed E-state index contributed by atoms with van der Waals surface area (Å²) in [5, 5.41) is 4.99. The first-order valence-corrected chi connectivity index (χ1v) is 4.63. The second-order valence-electron chi connectivity index (χ2n) is 2.82. The Balaban J connectivity index is 3.02. The van der Waals surface area contributed by atoms with Crippen molar-refractivity contribution in [3.63, 3.8) is 0 Å². The summed E-state index contributed by atoms with van der Waals surface area (Å²) in [6.07, 6.45) is 1.28. The van der Waals surface area contributed by atoms with Crippen molar-refractivity contribution in [3.8, 4) is 0 Å². The van der Waals surface area contributed by atoms with Gasteiger partial charge >= 0.3 is 0 Å². The maximum absolute atomic E-state index is 10.9. The predicted molar refractivity (Wildman–Crippen MR) is 39.9 cm³/mol. The minimum atomic E-state index is -3.39. The fourth-order valence-corrected chi connectivity index (χ4v) is 2.22. The zero-order valence-corrected chi connectivity index (χ0v) is 6.74. The van der Waals surface area contributed by atoms with Crippen molar-refractivity contribution in [1.29, 1.82) is 0 Å². The van der Waals surface area contributed by atoms with Gasteiger partial charge in [-0.1, -0.05) is 12.2 Å². The van der Waals surface area contributed by atoms with Crippen LogP contribution in [0.5, 0.6) is 0 Å². The van der Waals surface area contributed by atoms with E-state index < -0.39 is 14.8 Å². The number of sulfonamides is 1. The molecule has 0 radical (unpaired) electrons. The maximum Gasteiger partial charge on any atom is 0.218 e. The SMILES string of the molecule is C=C(C)C1(S(N)(=O)=O)CC1. The van der Waals surface area contributed by atoms with Crippen molar-refractivity contribution in [2.24, 2.45) is 5.14 Å². The summed E-state index contributed by atoms with van der Waals surface area (Å²) in [5.74, 6) is 0. The smallest absolute Gasteiger partial charge is 0.218 e. The van der Waals surface area contributed by atoms with Gasteiger partial charge in [-0.3, -0.25) is 0 Å². The quantitative estimate of drug-likeness (QED) is 0.595. The Hall–Kier alpha value is -0.350. The largest absolute Gasteiger partial charge is 0.228 e. The van der Waals surface area contributed by atoms with Crippen LogP contribution in [0.25, 0.3) is 0 Å². The van der Waals surface area contributed by atoms with Gasteiger partial charge in [-0.05, 0) is 19.8 Å². The topological polar surface area (TPSA) is 60.2 Å². The Kier molecular flexibility index (Phi) is 1.42. The van der Waals surface area contributed by atoms with Crippen LogP contribution in [0, 0.1) is 0 Å². The molecule has 0 spiro atoms. The van der Waals surface area contributed by atoms with E-state index in [1.54, 1.807) is 6.92 Å². The molecular weight excluding hydrogens is 150 g/mol. The zero-order valence-electron chi connectivity index (χ0n) is 5.92. The first-order chi connectivity index (χ1) is 4.40. The van der Waals surface area contributed by atoms with Crippen molar-refractivity contribution in [2.45, 2.75) is 24.5 Å². The Bertz CT molecular complexity index is 261. The molecule has 10 heavy (non-hydrogen) atoms. The Morgan fingerprint density at radius 1 is 1.60 bits per heavy atom. The van der Waals surface area contributed by atoms with Gasteiger partial charge in [0, 0.05) is 0 Å². The van der Waals surface area contributed by atoms with Crippen molar-refractivity contribution < 1.29 is 8.42 Å². The highest BCUT2D eigenvalue weighted by Gasteiger charge is 2.53. The van der Waals surface area contributed by atoms with Gasteiger partial charge in [-0.2, -0.15) is 0 Å². The van der Waals surface area contributed by atoms with Crippen molar-refractivity contribution in [1.82, 2.24) is 0 Å². The molecule has 1 saturated carbocycles. The molecule has 0 heterocycles. The molecule has 0 aromatic heterocycles. The molecular formula is C6H11NO2S. The number of primary sulfonamides is 1. The van der Waals surface area contributed by atoms with E-state index in [1.807, 2.05) is 0 Å². The van der Waals surface area contributed by atoms with Gasteiger partial charge in [0.25, 0.3) is 0 Å². The fourth-order valence-electron chi connectivity index (χ4n) is 1.07. The van der Waals surface area contributed by atoms with E-state index >= 15 is 0 Å². The molecule has 3 nitrogen and oxygen atoms in total. The monoisotopic (exact) mass is 161 g/mol. The minimum absolute atomic E-state index is 0.640. The third-order valence-corrected chi connectivity index (χ3v) is 3.87. The second-order valence-corrected chi connectivity index (χ2v) is 4.69. The first kappa shape index (κ1) is 7.75. The van der Waals surface area contributed by atoms with E-state index in [-0.39, 0.29) is 0 Å². The number of hydrogen-bond donors (Lipinski definition) is 1. The van der Waals surface area contributed by atoms with E-state index in [2.05, 4.69) is 6.58 Å². The molecule has 0 atom stereocenters. The van der Waals surface area contributed by atoms with Crippen molar-refractivity contribution in [3.05, 3.63) is 12.2 Å². The molecule has 0 aromatic carbocycles. The van der Waals surface area contributed by atoms with Crippen LogP contribution in [0.1, 0.15) is 19.8 Å². The summed E-state index contributed by atoms with van der Waals surface area (Å²) >= 11 is 0. The third kappa shape index (κ3) is 0.876. The molecule has 1 aliphatic carbocycles. The van der Waals surface area contributed by atoms with Gasteiger partial charge in [0.1, 0.15) is 4.75 Å². The maximum atomic E-state index is 10.9. The van der Waals surface area contributed by atoms with Crippen LogP contribution in [-0.4, -0.2) is 13.2 Å². The molecule has 4 heteroatoms. The standard InChI is InChI=1S/C6H11NO2S/c1-5(2)6(3-4-6)10(7,8)9/h1,3-4H2,2H3,(H2,7,8,9). The van der Waals surface area contributed by atoms with Gasteiger partial charge in [0.2, 0.25) is 10.0 Å². The molecule has 2 N–H and O–H groups in total. The second kappa shape index (κ2) is 1.83. The molecule has 1 fully saturated rings. The van der Waals surface area contributed by atoms with Crippen LogP contribution >= 0.6 is 0 Å². The lowest BCUT2D eigenvalue weighted by atomic mass is 10.2. The van der Waals surface area contributed by atoms with Crippen molar-refractivity contribution in [2.75, 3.05) is 0 Å². The summed E-state index contributed by atoms with van der Waals surface area (Å²) in [5.41, 5.74) is 0.662. The molecule has 0 unspecified atom stereocenters. The molecule has 0 bridgehead atoms. The lowest BCUT2D eigenvalue weighted by Gasteiger charge is -2.10. The highest BCUT2D eigenvalue weighted by Crippen LogP contribution is 2.47. The van der Waals surface area contributed by atoms with Crippen molar-refractivity contribution >= 4 is 10.0 Å². The summed E-state index contributed by atoms with van der Waals surface area (Å²) in [6, 6.07) is 0. The molecule has 0 aliphatic heterocycles. The van der Waals surface area contributed by atoms with E-state index in [0.717, 1.165) is 0 Å². The Morgan fingerprint density at radius 2 is 2.00 bits per heavy atom. The molecule has 58 valence electrons. The summed E-state index contributed by atoms with van der Waals surface area (Å²) in [7, 11) is -3.39. The first-order valence-electron chi connectivity index (χ1n) is 3.08. The Labute approximate surface area is 61.0 Å². The summed E-state index contributed by atoms with van der Waals surface area (Å²) in [4.78, 5) is 0. The van der Waals surface area contributed by atoms with Gasteiger partial charge in [-0.25, -0.2) is 13.6 Å². The third-order valence-electron chi connectivity index (χ3n) is 2.03. The highest BCUT2D eigenvalue weighted by molar-refractivity contribution is 7.91. The van der Waals surface area contributed by atoms with E-state index in [1.165, 1.54) is 0 Å². The zero-order chi connectivity index (χ0) is 7.99. The van der Waals surface area contributed by atoms with Crippen LogP contribution in [0.2, 0.25) is 0 Å². The number of rotatable bonds is 2. The highest BCUT2D eigenvalue weighted by atomic mass is 32.2. The van der Waals surface area contributed by atoms with Gasteiger partial charge in [-0.15, -0.1) is 0 Å². The predicted octanol–water partition coefficient (Wildman–Crippen LogP) is 0.384. The number of hydrogen-bond acceptors (Lipinski definition) is 2. The molecule has 0 amide bonds. The van der Waals surface area contributed by atoms with Crippen LogP contribution in [0.4, 0.5) is 0 Å². The Morgan fingerprint density at radius 3 is 2.00 bits per heavy atom. The van der Waals surface area contributed by atoms with E-state index in [4.69, 9.17) is 5.14 Å². The average Bonchev–Trinajstić information content (AvgIpc) is 2.36. The fraction of sp³-hybridized carbons (Fsp3) is 0.667. The molecule has 1 aliphatic rings. The molecule has 1 rings (SSSR count). The van der Waals surface area contributed by atoms with Crippen LogP contribution in [-0.2, 0) is 10.0 Å². The summed E-state index contributed by atoms with van der Waals surface area (Å²) in [6.45, 7) is 5.30. The van der Waals surface area contributed by atoms with Crippen LogP contribution < -0.4 is 5.14 Å². The van der Waals surface area contributed by atoms with Gasteiger partial charge in [0.05, 0.1) is 0 Å². The normalized spacial score (nSPS) is 22.2. The van der Waals surface area contributed by atoms with Crippen LogP contribution in [0.15, 0.2) is 12.2 Å². The number of nitrogens with two attached hydrogens (primary N) is 1. The van der Waals surface area contributed by atoms with Gasteiger partial charge in [0.15, 0.2) is 0 Å². The van der Waals surface area contributed by atoms with E-state index in [9.17, 15) is 8.42 Å². The van der Waals surface area contributed by atoms with Gasteiger partial charge < -0.3 is 0 Å². The lowest BCUT2D eigenvalue weighted by Crippen LogP contribution is -2.30. The minimum Gasteiger partial charge on any atom is -0.228 e. The molecule has 0 aromatic rings.